The third-order valence-electron chi connectivity index (χ3n) is 9.86. The van der Waals surface area contributed by atoms with Crippen LogP contribution in [0.4, 0.5) is 19.0 Å². The predicted molar refractivity (Wildman–Crippen MR) is 167 cm³/mol. The second-order valence-corrected chi connectivity index (χ2v) is 12.6. The maximum absolute atomic E-state index is 16.8. The number of aromatic nitrogens is 3. The van der Waals surface area contributed by atoms with E-state index in [9.17, 15) is 23.8 Å². The minimum Gasteiger partial charge on any atom is -0.508 e. The highest BCUT2D eigenvalue weighted by atomic mass is 19.1. The molecule has 2 N–H and O–H groups in total. The van der Waals surface area contributed by atoms with Crippen LogP contribution in [-0.4, -0.2) is 74.4 Å². The van der Waals surface area contributed by atoms with Gasteiger partial charge in [0.05, 0.1) is 23.2 Å². The number of halogens is 3. The summed E-state index contributed by atoms with van der Waals surface area (Å²) in [5.74, 6) is -2.31. The van der Waals surface area contributed by atoms with E-state index < -0.39 is 29.1 Å². The second-order valence-electron chi connectivity index (χ2n) is 12.6. The van der Waals surface area contributed by atoms with Crippen LogP contribution in [-0.2, 0) is 11.2 Å². The summed E-state index contributed by atoms with van der Waals surface area (Å²) < 4.78 is 51.4. The molecule has 9 nitrogen and oxygen atoms in total. The predicted octanol–water partition coefficient (Wildman–Crippen LogP) is 6.16. The summed E-state index contributed by atoms with van der Waals surface area (Å²) in [7, 11) is 0. The monoisotopic (exact) mass is 633 g/mol. The number of phenols is 1. The number of carbonyl (C=O) groups is 1. The number of aryl methyl sites for hydroxylation is 1. The number of benzene rings is 2. The molecule has 240 valence electrons. The van der Waals surface area contributed by atoms with Crippen LogP contribution in [0.2, 0.25) is 0 Å². The van der Waals surface area contributed by atoms with Crippen molar-refractivity contribution >= 4 is 33.5 Å². The third kappa shape index (κ3) is 5.08. The third-order valence-corrected chi connectivity index (χ3v) is 9.86. The lowest BCUT2D eigenvalue weighted by Crippen LogP contribution is -2.43. The fourth-order valence-electron chi connectivity index (χ4n) is 7.54. The smallest absolute Gasteiger partial charge is 0.319 e. The van der Waals surface area contributed by atoms with Crippen molar-refractivity contribution in [1.29, 1.82) is 0 Å². The fourth-order valence-corrected chi connectivity index (χ4v) is 7.54. The molecule has 3 aliphatic heterocycles. The molecule has 0 saturated carbocycles. The Kier molecular flexibility index (Phi) is 7.70. The average molecular weight is 634 g/mol. The van der Waals surface area contributed by atoms with Crippen molar-refractivity contribution in [2.45, 2.75) is 51.0 Å². The lowest BCUT2D eigenvalue weighted by molar-refractivity contribution is -0.142. The first-order chi connectivity index (χ1) is 22.2. The number of ether oxygens (including phenoxy) is 1. The number of hydrogen-bond acceptors (Lipinski definition) is 8. The van der Waals surface area contributed by atoms with Gasteiger partial charge in [0.2, 0.25) is 0 Å². The summed E-state index contributed by atoms with van der Waals surface area (Å²) in [5, 5.41) is 21.4. The number of phenolic OH excluding ortho intramolecular Hbond substituents is 1. The first-order valence-corrected chi connectivity index (χ1v) is 15.7. The number of carboxylic acid groups (broad SMARTS) is 1. The van der Waals surface area contributed by atoms with Crippen molar-refractivity contribution in [3.63, 3.8) is 0 Å². The number of pyridine rings is 1. The van der Waals surface area contributed by atoms with Crippen LogP contribution >= 0.6 is 0 Å². The highest BCUT2D eigenvalue weighted by Gasteiger charge is 2.47. The van der Waals surface area contributed by atoms with Gasteiger partial charge in [0.1, 0.15) is 35.2 Å². The largest absolute Gasteiger partial charge is 0.508 e. The first kappa shape index (κ1) is 30.2. The van der Waals surface area contributed by atoms with Gasteiger partial charge in [-0.05, 0) is 85.2 Å². The van der Waals surface area contributed by atoms with Crippen LogP contribution in [0.5, 0.6) is 11.8 Å². The SMILES string of the molecule is CCc1c(F)ccc2cc(O)cc(-c3ncc4c(N5CCC(C(=O)O)CC5)nc(OC[C@@]56CCCN5C/C(=C\F)C6)nc4c3F)c12. The Morgan fingerprint density at radius 2 is 1.98 bits per heavy atom. The van der Waals surface area contributed by atoms with Crippen molar-refractivity contribution in [3.8, 4) is 23.0 Å². The zero-order valence-electron chi connectivity index (χ0n) is 25.4. The zero-order valence-corrected chi connectivity index (χ0v) is 25.4. The molecule has 46 heavy (non-hydrogen) atoms. The highest BCUT2D eigenvalue weighted by Crippen LogP contribution is 2.43. The quantitative estimate of drug-likeness (QED) is 0.247. The molecule has 2 aromatic heterocycles. The lowest BCUT2D eigenvalue weighted by Gasteiger charge is -2.32. The lowest BCUT2D eigenvalue weighted by atomic mass is 9.94. The Balaban J connectivity index is 1.35. The number of nitrogens with zero attached hydrogens (tertiary/aromatic N) is 5. The van der Waals surface area contributed by atoms with E-state index in [0.29, 0.717) is 84.8 Å². The van der Waals surface area contributed by atoms with Gasteiger partial charge in [-0.2, -0.15) is 9.97 Å². The van der Waals surface area contributed by atoms with E-state index in [1.807, 2.05) is 4.90 Å². The fraction of sp³-hybridized carbons (Fsp3) is 0.412. The summed E-state index contributed by atoms with van der Waals surface area (Å²) in [5.41, 5.74) is 0.733. The van der Waals surface area contributed by atoms with Gasteiger partial charge in [-0.15, -0.1) is 0 Å². The molecule has 5 heterocycles. The van der Waals surface area contributed by atoms with E-state index in [1.165, 1.54) is 30.5 Å². The van der Waals surface area contributed by atoms with Crippen LogP contribution < -0.4 is 9.64 Å². The molecule has 0 radical (unpaired) electrons. The molecular weight excluding hydrogens is 599 g/mol. The molecule has 0 bridgehead atoms. The molecule has 12 heteroatoms. The standard InChI is InChI=1S/C34H34F3N5O4/c1-2-23-26(36)5-4-21-12-22(43)13-24(27(21)23)29-28(37)30-25(16-38-29)31(41-10-6-20(7-11-41)32(44)45)40-33(39-30)46-18-34-8-3-9-42(34)17-19(14-34)15-35/h4-5,12-13,15-16,20,43H,2-3,6-11,14,17-18H2,1H3,(H,44,45)/b19-15-/t34-/m0/s1. The Morgan fingerprint density at radius 1 is 1.17 bits per heavy atom. The summed E-state index contributed by atoms with van der Waals surface area (Å²) in [6.45, 7) is 4.10. The van der Waals surface area contributed by atoms with Crippen LogP contribution in [0.25, 0.3) is 32.9 Å². The molecule has 0 aliphatic carbocycles. The van der Waals surface area contributed by atoms with Gasteiger partial charge in [0, 0.05) is 31.4 Å². The van der Waals surface area contributed by atoms with Gasteiger partial charge in [0.25, 0.3) is 0 Å². The number of hydrogen-bond donors (Lipinski definition) is 2. The summed E-state index contributed by atoms with van der Waals surface area (Å²) in [6.07, 6.45) is 5.54. The molecular formula is C34H34F3N5O4. The number of aromatic hydroxyl groups is 1. The summed E-state index contributed by atoms with van der Waals surface area (Å²) in [4.78, 5) is 29.4. The molecule has 4 aromatic rings. The van der Waals surface area contributed by atoms with Gasteiger partial charge in [0.15, 0.2) is 5.82 Å². The Labute approximate surface area is 263 Å². The van der Waals surface area contributed by atoms with Gasteiger partial charge in [-0.3, -0.25) is 14.7 Å². The number of fused-ring (bicyclic) bond motifs is 3. The van der Waals surface area contributed by atoms with E-state index in [-0.39, 0.29) is 35.1 Å². The van der Waals surface area contributed by atoms with Gasteiger partial charge < -0.3 is 19.8 Å². The molecule has 1 atom stereocenters. The molecule has 2 aromatic carbocycles. The number of rotatable bonds is 7. The van der Waals surface area contributed by atoms with E-state index in [0.717, 1.165) is 19.4 Å². The topological polar surface area (TPSA) is 112 Å². The van der Waals surface area contributed by atoms with E-state index >= 15 is 4.39 Å². The first-order valence-electron chi connectivity index (χ1n) is 15.7. The van der Waals surface area contributed by atoms with Gasteiger partial charge in [-0.1, -0.05) is 13.0 Å². The van der Waals surface area contributed by atoms with E-state index in [1.54, 1.807) is 6.92 Å². The molecule has 0 spiro atoms. The maximum Gasteiger partial charge on any atom is 0.319 e. The number of carboxylic acids is 1. The number of piperidine rings is 1. The van der Waals surface area contributed by atoms with Crippen molar-refractivity contribution in [2.75, 3.05) is 37.7 Å². The molecule has 0 unspecified atom stereocenters. The Morgan fingerprint density at radius 3 is 2.72 bits per heavy atom. The van der Waals surface area contributed by atoms with Crippen molar-refractivity contribution in [3.05, 3.63) is 59.6 Å². The molecule has 0 amide bonds. The molecule has 3 saturated heterocycles. The van der Waals surface area contributed by atoms with Crippen LogP contribution in [0.1, 0.15) is 44.6 Å². The average Bonchev–Trinajstić information content (AvgIpc) is 3.61. The van der Waals surface area contributed by atoms with Crippen LogP contribution in [0.3, 0.4) is 0 Å². The van der Waals surface area contributed by atoms with E-state index in [2.05, 4.69) is 14.9 Å². The zero-order chi connectivity index (χ0) is 32.2. The van der Waals surface area contributed by atoms with Crippen LogP contribution in [0, 0.1) is 17.6 Å². The van der Waals surface area contributed by atoms with Crippen molar-refractivity contribution < 1.29 is 32.9 Å². The summed E-state index contributed by atoms with van der Waals surface area (Å²) >= 11 is 0. The van der Waals surface area contributed by atoms with Gasteiger partial charge >= 0.3 is 12.0 Å². The van der Waals surface area contributed by atoms with Gasteiger partial charge in [-0.25, -0.2) is 13.2 Å². The van der Waals surface area contributed by atoms with Crippen molar-refractivity contribution in [2.24, 2.45) is 5.92 Å². The Hall–Kier alpha value is -4.45. The molecule has 3 fully saturated rings. The Bertz CT molecular complexity index is 1890. The molecule has 3 aliphatic rings. The second kappa shape index (κ2) is 11.7. The van der Waals surface area contributed by atoms with Crippen molar-refractivity contribution in [1.82, 2.24) is 19.9 Å². The number of anilines is 1. The van der Waals surface area contributed by atoms with Crippen LogP contribution in [0.15, 0.2) is 42.4 Å². The highest BCUT2D eigenvalue weighted by molar-refractivity contribution is 6.01. The molecule has 7 rings (SSSR count). The minimum atomic E-state index is -0.853. The summed E-state index contributed by atoms with van der Waals surface area (Å²) in [6, 6.07) is 5.68. The minimum absolute atomic E-state index is 0.0566. The van der Waals surface area contributed by atoms with E-state index in [4.69, 9.17) is 9.72 Å². The normalized spacial score (nSPS) is 21.5. The number of aliphatic carboxylic acids is 1. The maximum atomic E-state index is 16.8.